The summed E-state index contributed by atoms with van der Waals surface area (Å²) >= 11 is 0. The van der Waals surface area contributed by atoms with Gasteiger partial charge < -0.3 is 61.9 Å². The number of nitrogens with two attached hydrogens (primary N) is 2. The number of phenols is 1. The van der Waals surface area contributed by atoms with Gasteiger partial charge in [-0.25, -0.2) is 4.79 Å². The van der Waals surface area contributed by atoms with Crippen molar-refractivity contribution in [3.05, 3.63) is 29.8 Å². The summed E-state index contributed by atoms with van der Waals surface area (Å²) in [7, 11) is -3.86. The van der Waals surface area contributed by atoms with E-state index in [1.54, 1.807) is 12.1 Å². The summed E-state index contributed by atoms with van der Waals surface area (Å²) in [6.45, 7) is 5.16. The van der Waals surface area contributed by atoms with Crippen LogP contribution in [0.2, 0.25) is 0 Å². The minimum atomic E-state index is -3.86. The van der Waals surface area contributed by atoms with Gasteiger partial charge in [0.15, 0.2) is 5.78 Å². The standard InChI is InChI=1S/C63H107N7O18S.3H2/c1-47(2)41-53(73)43-49(56(74)44-50(22-15-16-24-57(64)65)62(79)70-55(61(66)78)42-48-26-28-51(71)29-27-48)21-17-18-32-67-60(77)46-88-39-36-85-34-20-23-52(72)45-87-38-37-86-35-33-68-58(75)31-30-54(63(80)81)69-59(76)25-14-12-10-8-6-4-3-5-7-9-11-13-19-40-89(82,83)84;;;/h26-29,47,49-50,54-55,71H,3-25,30-46H2,1-2H3,(H3,64,65)(H2,66,78)(H,67,77)(H,68,75)(H,69,76)(H,70,79)(H,80,81)(H,82,83,84);3*1H/t49-,50-,54+,55+;;;/m1.../s1. The number of carboxylic acid groups (broad SMARTS) is 1. The lowest BCUT2D eigenvalue weighted by atomic mass is 9.84. The van der Waals surface area contributed by atoms with Crippen LogP contribution in [0.3, 0.4) is 0 Å². The second-order valence-corrected chi connectivity index (χ2v) is 24.9. The average molecular weight is 1290 g/mol. The summed E-state index contributed by atoms with van der Waals surface area (Å²) in [4.78, 5) is 114. The van der Waals surface area contributed by atoms with Gasteiger partial charge in [-0.05, 0) is 75.0 Å². The van der Waals surface area contributed by atoms with Crippen molar-refractivity contribution in [1.29, 1.82) is 5.41 Å². The van der Waals surface area contributed by atoms with E-state index in [1.807, 2.05) is 13.8 Å². The number of aromatic hydroxyl groups is 1. The predicted octanol–water partition coefficient (Wildman–Crippen LogP) is 6.85. The highest BCUT2D eigenvalue weighted by atomic mass is 32.2. The number of ketones is 3. The number of rotatable bonds is 60. The van der Waals surface area contributed by atoms with E-state index in [0.29, 0.717) is 82.9 Å². The predicted molar refractivity (Wildman–Crippen MR) is 343 cm³/mol. The summed E-state index contributed by atoms with van der Waals surface area (Å²) < 4.78 is 52.0. The summed E-state index contributed by atoms with van der Waals surface area (Å²) in [5, 5.41) is 37.5. The van der Waals surface area contributed by atoms with Gasteiger partial charge in [0.2, 0.25) is 29.5 Å². The molecule has 0 aliphatic rings. The minimum Gasteiger partial charge on any atom is -0.508 e. The number of primary amides is 1. The number of carbonyl (C=O) groups is 9. The third-order valence-corrected chi connectivity index (χ3v) is 15.4. The number of nitrogens with one attached hydrogen (secondary N) is 5. The van der Waals surface area contributed by atoms with Crippen molar-refractivity contribution in [2.24, 2.45) is 29.2 Å². The van der Waals surface area contributed by atoms with Crippen LogP contribution in [0.4, 0.5) is 0 Å². The first kappa shape index (κ1) is 81.1. The molecule has 0 aromatic heterocycles. The van der Waals surface area contributed by atoms with Crippen LogP contribution in [0, 0.1) is 23.2 Å². The molecule has 26 heteroatoms. The fourth-order valence-corrected chi connectivity index (χ4v) is 10.3. The lowest BCUT2D eigenvalue weighted by Crippen LogP contribution is -2.48. The summed E-state index contributed by atoms with van der Waals surface area (Å²) in [5.74, 6) is -5.60. The van der Waals surface area contributed by atoms with Crippen LogP contribution in [0.5, 0.6) is 5.75 Å². The molecule has 0 fully saturated rings. The lowest BCUT2D eigenvalue weighted by Gasteiger charge is -2.23. The molecule has 89 heavy (non-hydrogen) atoms. The zero-order valence-electron chi connectivity index (χ0n) is 53.0. The fourth-order valence-electron chi connectivity index (χ4n) is 9.71. The first-order chi connectivity index (χ1) is 42.4. The number of aliphatic carboxylic acids is 1. The Morgan fingerprint density at radius 2 is 1.09 bits per heavy atom. The number of Topliss-reactive ketones (excluding diaryl/α,β-unsaturated/α-hetero) is 3. The monoisotopic (exact) mass is 1290 g/mol. The number of ether oxygens (including phenoxy) is 4. The summed E-state index contributed by atoms with van der Waals surface area (Å²) in [6, 6.07) is 3.87. The number of benzene rings is 1. The molecule has 0 aliphatic heterocycles. The second-order valence-electron chi connectivity index (χ2n) is 23.3. The SMILES string of the molecule is CC(C)CC(=O)C[C@@H](CCCCNC(=O)COCCOCCCC(=O)COCCOCCNC(=O)CC[C@H](NC(=O)CCCCCCCCCCCCCCCS(=O)(=O)O)C(=O)O)C(=O)C[C@@H](CCCCC(=N)N)C(=O)N[C@@H](Cc1ccc(O)cc1)C(N)=O.[HH].[HH].[HH]. The number of hydrogen-bond acceptors (Lipinski definition) is 17. The Balaban J connectivity index is -0.0000264. The molecular weight excluding hydrogens is 1170 g/mol. The van der Waals surface area contributed by atoms with Gasteiger partial charge in [-0.1, -0.05) is 109 Å². The number of amides is 5. The molecule has 0 saturated carbocycles. The van der Waals surface area contributed by atoms with E-state index in [-0.39, 0.29) is 167 Å². The number of phenolic OH excluding ortho intramolecular Hbond substituents is 1. The lowest BCUT2D eigenvalue weighted by molar-refractivity contribution is -0.142. The van der Waals surface area contributed by atoms with Crippen molar-refractivity contribution < 1.29 is 89.6 Å². The van der Waals surface area contributed by atoms with Gasteiger partial charge in [-0.2, -0.15) is 8.42 Å². The van der Waals surface area contributed by atoms with Crippen LogP contribution < -0.4 is 32.7 Å². The average Bonchev–Trinajstić information content (AvgIpc) is 1.26. The smallest absolute Gasteiger partial charge is 0.326 e. The van der Waals surface area contributed by atoms with Gasteiger partial charge in [-0.3, -0.25) is 48.3 Å². The van der Waals surface area contributed by atoms with E-state index in [1.165, 1.54) is 12.1 Å². The van der Waals surface area contributed by atoms with E-state index in [2.05, 4.69) is 21.3 Å². The van der Waals surface area contributed by atoms with Crippen LogP contribution in [-0.2, 0) is 78.6 Å². The van der Waals surface area contributed by atoms with E-state index >= 15 is 0 Å². The molecule has 4 atom stereocenters. The van der Waals surface area contributed by atoms with Crippen LogP contribution in [-0.4, -0.2) is 166 Å². The van der Waals surface area contributed by atoms with Crippen molar-refractivity contribution in [2.45, 2.75) is 212 Å². The zero-order valence-corrected chi connectivity index (χ0v) is 53.8. The van der Waals surface area contributed by atoms with E-state index in [9.17, 15) is 61.8 Å². The molecule has 1 rings (SSSR count). The van der Waals surface area contributed by atoms with Gasteiger partial charge in [-0.15, -0.1) is 0 Å². The Morgan fingerprint density at radius 1 is 0.539 bits per heavy atom. The Kier molecular flexibility index (Phi) is 46.3. The molecule has 5 amide bonds. The second kappa shape index (κ2) is 50.8. The van der Waals surface area contributed by atoms with Gasteiger partial charge in [0.05, 0.1) is 44.6 Å². The van der Waals surface area contributed by atoms with Crippen LogP contribution in [0.25, 0.3) is 0 Å². The fraction of sp³-hybridized carbons (Fsp3) is 0.746. The van der Waals surface area contributed by atoms with Crippen molar-refractivity contribution in [3.8, 4) is 5.75 Å². The number of carboxylic acids is 1. The highest BCUT2D eigenvalue weighted by Crippen LogP contribution is 2.24. The van der Waals surface area contributed by atoms with Crippen molar-refractivity contribution >= 4 is 68.8 Å². The van der Waals surface area contributed by atoms with Crippen molar-refractivity contribution in [3.63, 3.8) is 0 Å². The molecular formula is C63H113N7O18S. The molecule has 514 valence electrons. The van der Waals surface area contributed by atoms with E-state index in [4.69, 9.17) is 40.4 Å². The highest BCUT2D eigenvalue weighted by molar-refractivity contribution is 7.85. The maximum absolute atomic E-state index is 13.9. The van der Waals surface area contributed by atoms with Crippen LogP contribution in [0.15, 0.2) is 24.3 Å². The Labute approximate surface area is 531 Å². The molecule has 0 saturated heterocycles. The third-order valence-electron chi connectivity index (χ3n) is 14.6. The quantitative estimate of drug-likeness (QED) is 0.0138. The number of hydrogen-bond donors (Lipinski definition) is 10. The zero-order chi connectivity index (χ0) is 66.1. The van der Waals surface area contributed by atoms with E-state index < -0.39 is 51.8 Å². The summed E-state index contributed by atoms with van der Waals surface area (Å²) in [6.07, 6.45) is 16.4. The van der Waals surface area contributed by atoms with Crippen LogP contribution >= 0.6 is 0 Å². The van der Waals surface area contributed by atoms with Crippen molar-refractivity contribution in [1.82, 2.24) is 21.3 Å². The molecule has 0 aliphatic carbocycles. The van der Waals surface area contributed by atoms with Gasteiger partial charge in [0.25, 0.3) is 10.1 Å². The number of carbonyl (C=O) groups excluding carboxylic acids is 8. The first-order valence-electron chi connectivity index (χ1n) is 32.0. The molecule has 0 heterocycles. The van der Waals surface area contributed by atoms with E-state index in [0.717, 1.165) is 70.6 Å². The molecule has 25 nitrogen and oxygen atoms in total. The molecule has 0 unspecified atom stereocenters. The van der Waals surface area contributed by atoms with Crippen molar-refractivity contribution in [2.75, 3.05) is 71.7 Å². The Morgan fingerprint density at radius 3 is 1.69 bits per heavy atom. The molecule has 0 bridgehead atoms. The molecule has 1 aromatic rings. The largest absolute Gasteiger partial charge is 0.508 e. The molecule has 0 radical (unpaired) electrons. The van der Waals surface area contributed by atoms with Gasteiger partial charge >= 0.3 is 5.97 Å². The number of unbranched alkanes of at least 4 members (excludes halogenated alkanes) is 14. The Bertz CT molecular complexity index is 2360. The maximum Gasteiger partial charge on any atom is 0.326 e. The molecule has 0 spiro atoms. The highest BCUT2D eigenvalue weighted by Gasteiger charge is 2.30. The van der Waals surface area contributed by atoms with Crippen LogP contribution in [0.1, 0.15) is 203 Å². The third kappa shape index (κ3) is 47.7. The molecule has 12 N–H and O–H groups in total. The molecule has 1 aromatic carbocycles. The van der Waals surface area contributed by atoms with Gasteiger partial charge in [0.1, 0.15) is 42.6 Å². The maximum atomic E-state index is 13.9. The number of amidine groups is 1. The normalized spacial score (nSPS) is 12.8. The Hall–Kier alpha value is -5.93. The minimum absolute atomic E-state index is 0. The summed E-state index contributed by atoms with van der Waals surface area (Å²) in [5.41, 5.74) is 11.8. The van der Waals surface area contributed by atoms with Gasteiger partial charge in [0, 0.05) is 87.2 Å². The topological polar surface area (TPSA) is 409 Å². The first-order valence-corrected chi connectivity index (χ1v) is 33.6.